The highest BCUT2D eigenvalue weighted by atomic mass is 32.1. The fourth-order valence-electron chi connectivity index (χ4n) is 3.11. The molecular formula is C24H45O6PS3. The predicted octanol–water partition coefficient (Wildman–Crippen LogP) is 7.65. The maximum Gasteiger partial charge on any atom is 0.537 e. The minimum atomic E-state index is -2.54. The molecule has 0 amide bonds. The molecule has 200 valence electrons. The molecule has 0 heterocycles. The summed E-state index contributed by atoms with van der Waals surface area (Å²) in [5, 5.41) is -2.04. The first-order valence-corrected chi connectivity index (χ1v) is 15.4. The van der Waals surface area contributed by atoms with Crippen molar-refractivity contribution in [3.05, 3.63) is 0 Å². The first-order chi connectivity index (χ1) is 16.3. The van der Waals surface area contributed by atoms with Crippen molar-refractivity contribution in [1.82, 2.24) is 0 Å². The quantitative estimate of drug-likeness (QED) is 0.0766. The monoisotopic (exact) mass is 556 g/mol. The summed E-state index contributed by atoms with van der Waals surface area (Å²) in [4.78, 5) is 37.5. The van der Waals surface area contributed by atoms with E-state index >= 15 is 0 Å². The molecule has 0 N–H and O–H groups in total. The standard InChI is InChI=1S/C24H45O6PS3/c1-4-7-10-13-16-19(32)22(25)28-31(29-23(26)20(33)17-14-11-8-5-2)30-24(27)21(34)18-15-12-9-6-3/h19-21,32-34H,4-18H2,1-3H3. The summed E-state index contributed by atoms with van der Waals surface area (Å²) >= 11 is 13.0. The van der Waals surface area contributed by atoms with E-state index in [1.165, 1.54) is 0 Å². The first kappa shape index (κ1) is 33.9. The number of hydrogen-bond acceptors (Lipinski definition) is 9. The molecule has 0 aromatic heterocycles. The highest BCUT2D eigenvalue weighted by Gasteiger charge is 2.33. The number of unbranched alkanes of at least 4 members (excludes halogenated alkanes) is 9. The Labute approximate surface area is 224 Å². The Balaban J connectivity index is 4.94. The van der Waals surface area contributed by atoms with Gasteiger partial charge in [-0.25, -0.2) is 0 Å². The molecule has 0 saturated heterocycles. The van der Waals surface area contributed by atoms with Crippen LogP contribution in [-0.2, 0) is 28.0 Å². The second-order valence-electron chi connectivity index (χ2n) is 8.55. The van der Waals surface area contributed by atoms with Crippen LogP contribution in [0.2, 0.25) is 0 Å². The van der Waals surface area contributed by atoms with Crippen LogP contribution in [0.5, 0.6) is 0 Å². The van der Waals surface area contributed by atoms with Crippen LogP contribution >= 0.6 is 46.5 Å². The average molecular weight is 557 g/mol. The van der Waals surface area contributed by atoms with Gasteiger partial charge in [-0.1, -0.05) is 97.8 Å². The summed E-state index contributed by atoms with van der Waals surface area (Å²) in [6.07, 6.45) is 13.6. The van der Waals surface area contributed by atoms with Crippen molar-refractivity contribution in [3.8, 4) is 0 Å². The lowest BCUT2D eigenvalue weighted by molar-refractivity contribution is -0.141. The molecule has 0 spiro atoms. The van der Waals surface area contributed by atoms with Crippen LogP contribution in [0.4, 0.5) is 0 Å². The fourth-order valence-corrected chi connectivity index (χ4v) is 5.00. The molecule has 0 saturated carbocycles. The molecule has 0 aliphatic carbocycles. The zero-order valence-corrected chi connectivity index (χ0v) is 24.7. The van der Waals surface area contributed by atoms with Crippen molar-refractivity contribution in [2.24, 2.45) is 0 Å². The zero-order chi connectivity index (χ0) is 25.8. The highest BCUT2D eigenvalue weighted by molar-refractivity contribution is 7.82. The SMILES string of the molecule is CCCCCCC(S)C(=O)OP(OC(=O)C(S)CCCCCC)OC(=O)C(S)CCCCCC. The van der Waals surface area contributed by atoms with E-state index in [2.05, 4.69) is 58.7 Å². The lowest BCUT2D eigenvalue weighted by atomic mass is 10.1. The first-order valence-electron chi connectivity index (χ1n) is 12.8. The van der Waals surface area contributed by atoms with E-state index in [0.717, 1.165) is 77.0 Å². The van der Waals surface area contributed by atoms with Crippen molar-refractivity contribution < 1.29 is 28.0 Å². The lowest BCUT2D eigenvalue weighted by Crippen LogP contribution is -2.23. The average Bonchev–Trinajstić information content (AvgIpc) is 2.81. The third-order valence-corrected chi connectivity index (χ3v) is 7.70. The minimum absolute atomic E-state index is 0.534. The van der Waals surface area contributed by atoms with E-state index < -0.39 is 42.3 Å². The van der Waals surface area contributed by atoms with Crippen molar-refractivity contribution in [2.45, 2.75) is 133 Å². The van der Waals surface area contributed by atoms with Crippen molar-refractivity contribution in [1.29, 1.82) is 0 Å². The molecule has 0 aliphatic heterocycles. The molecule has 10 heteroatoms. The number of thiol groups is 3. The molecule has 6 nitrogen and oxygen atoms in total. The number of carbonyl (C=O) groups excluding carboxylic acids is 3. The second kappa shape index (κ2) is 22.1. The Morgan fingerprint density at radius 2 is 0.794 bits per heavy atom. The fraction of sp³-hybridized carbons (Fsp3) is 0.875. The van der Waals surface area contributed by atoms with Crippen LogP contribution in [0.25, 0.3) is 0 Å². The number of hydrogen-bond donors (Lipinski definition) is 3. The Kier molecular flexibility index (Phi) is 22.0. The van der Waals surface area contributed by atoms with Crippen molar-refractivity contribution >= 4 is 64.4 Å². The van der Waals surface area contributed by atoms with E-state index in [0.29, 0.717) is 19.3 Å². The predicted molar refractivity (Wildman–Crippen MR) is 150 cm³/mol. The van der Waals surface area contributed by atoms with Gasteiger partial charge in [0.2, 0.25) is 0 Å². The maximum atomic E-state index is 12.5. The smallest absolute Gasteiger partial charge is 0.374 e. The van der Waals surface area contributed by atoms with E-state index in [1.807, 2.05) is 0 Å². The largest absolute Gasteiger partial charge is 0.537 e. The molecule has 3 atom stereocenters. The molecule has 0 aromatic rings. The summed E-state index contributed by atoms with van der Waals surface area (Å²) in [6, 6.07) is 0. The van der Waals surface area contributed by atoms with Gasteiger partial charge in [-0.2, -0.15) is 37.9 Å². The van der Waals surface area contributed by atoms with Gasteiger partial charge >= 0.3 is 26.5 Å². The van der Waals surface area contributed by atoms with E-state index in [1.54, 1.807) is 0 Å². The van der Waals surface area contributed by atoms with E-state index in [4.69, 9.17) is 13.6 Å². The van der Waals surface area contributed by atoms with Gasteiger partial charge in [-0.15, -0.1) is 0 Å². The van der Waals surface area contributed by atoms with Gasteiger partial charge in [0.1, 0.15) is 0 Å². The Hall–Kier alpha value is -0.110. The van der Waals surface area contributed by atoms with Crippen LogP contribution in [0.15, 0.2) is 0 Å². The second-order valence-corrected chi connectivity index (χ2v) is 11.4. The van der Waals surface area contributed by atoms with Crippen LogP contribution in [0, 0.1) is 0 Å². The zero-order valence-electron chi connectivity index (χ0n) is 21.1. The van der Waals surface area contributed by atoms with Crippen molar-refractivity contribution in [2.75, 3.05) is 0 Å². The summed E-state index contributed by atoms with van der Waals surface area (Å²) in [5.74, 6) is -1.99. The topological polar surface area (TPSA) is 78.9 Å². The van der Waals surface area contributed by atoms with Crippen LogP contribution in [0.1, 0.15) is 117 Å². The molecular weight excluding hydrogens is 511 g/mol. The highest BCUT2D eigenvalue weighted by Crippen LogP contribution is 2.42. The Morgan fingerprint density at radius 1 is 0.529 bits per heavy atom. The van der Waals surface area contributed by atoms with Crippen molar-refractivity contribution in [3.63, 3.8) is 0 Å². The molecule has 0 bridgehead atoms. The lowest BCUT2D eigenvalue weighted by Gasteiger charge is -2.19. The van der Waals surface area contributed by atoms with Gasteiger partial charge < -0.3 is 13.6 Å². The summed E-state index contributed by atoms with van der Waals surface area (Å²) < 4.78 is 15.9. The molecule has 3 unspecified atom stereocenters. The third kappa shape index (κ3) is 17.3. The van der Waals surface area contributed by atoms with E-state index in [9.17, 15) is 14.4 Å². The van der Waals surface area contributed by atoms with Crippen LogP contribution in [0.3, 0.4) is 0 Å². The molecule has 0 aromatic carbocycles. The molecule has 34 heavy (non-hydrogen) atoms. The molecule has 0 fully saturated rings. The van der Waals surface area contributed by atoms with Gasteiger partial charge in [0.25, 0.3) is 0 Å². The Bertz CT molecular complexity index is 491. The van der Waals surface area contributed by atoms with Gasteiger partial charge in [-0.3, -0.25) is 14.4 Å². The van der Waals surface area contributed by atoms with Gasteiger partial charge in [0, 0.05) is 0 Å². The third-order valence-electron chi connectivity index (χ3n) is 5.30. The summed E-state index contributed by atoms with van der Waals surface area (Å²) in [7, 11) is -2.54. The van der Waals surface area contributed by atoms with Crippen LogP contribution < -0.4 is 0 Å². The maximum absolute atomic E-state index is 12.5. The minimum Gasteiger partial charge on any atom is -0.374 e. The number of carbonyl (C=O) groups is 3. The molecule has 0 rings (SSSR count). The van der Waals surface area contributed by atoms with Gasteiger partial charge in [0.15, 0.2) is 0 Å². The van der Waals surface area contributed by atoms with Crippen LogP contribution in [-0.4, -0.2) is 33.7 Å². The van der Waals surface area contributed by atoms with Gasteiger partial charge in [-0.05, 0) is 19.3 Å². The summed E-state index contributed by atoms with van der Waals surface area (Å²) in [6.45, 7) is 6.33. The molecule has 0 radical (unpaired) electrons. The van der Waals surface area contributed by atoms with E-state index in [-0.39, 0.29) is 0 Å². The summed E-state index contributed by atoms with van der Waals surface area (Å²) in [5.41, 5.74) is 0. The van der Waals surface area contributed by atoms with Gasteiger partial charge in [0.05, 0.1) is 15.7 Å². The Morgan fingerprint density at radius 3 is 1.03 bits per heavy atom. The number of rotatable bonds is 21. The normalized spacial score (nSPS) is 14.6. The molecule has 0 aliphatic rings.